The highest BCUT2D eigenvalue weighted by Gasteiger charge is 2.14. The van der Waals surface area contributed by atoms with Gasteiger partial charge in [-0.1, -0.05) is 11.2 Å². The van der Waals surface area contributed by atoms with Crippen molar-refractivity contribution in [1.82, 2.24) is 4.90 Å². The lowest BCUT2D eigenvalue weighted by Crippen LogP contribution is -2.38. The van der Waals surface area contributed by atoms with E-state index in [1.54, 1.807) is 0 Å². The number of oxime groups is 1. The largest absolute Gasteiger partial charge is 0.409 e. The lowest BCUT2D eigenvalue weighted by atomic mass is 10.1. The molecular formula is C12H17F2N3O. The molecule has 0 fully saturated rings. The Morgan fingerprint density at radius 2 is 2.11 bits per heavy atom. The van der Waals surface area contributed by atoms with Crippen LogP contribution in [-0.4, -0.2) is 28.5 Å². The monoisotopic (exact) mass is 257 g/mol. The van der Waals surface area contributed by atoms with Crippen molar-refractivity contribution in [3.8, 4) is 0 Å². The first-order chi connectivity index (χ1) is 8.43. The van der Waals surface area contributed by atoms with Gasteiger partial charge in [0.25, 0.3) is 0 Å². The SMILES string of the molecule is CC(C)N(CC(N)=NO)Cc1ccc(F)cc1F. The minimum Gasteiger partial charge on any atom is -0.409 e. The van der Waals surface area contributed by atoms with E-state index in [0.29, 0.717) is 5.56 Å². The average Bonchev–Trinajstić information content (AvgIpc) is 2.30. The van der Waals surface area contributed by atoms with Gasteiger partial charge in [-0.15, -0.1) is 0 Å². The standard InChI is InChI=1S/C12H17F2N3O/c1-8(2)17(7-12(15)16-18)6-9-3-4-10(13)5-11(9)14/h3-5,8,18H,6-7H2,1-2H3,(H2,15,16). The van der Waals surface area contributed by atoms with Crippen LogP contribution in [0, 0.1) is 11.6 Å². The van der Waals surface area contributed by atoms with Crippen molar-refractivity contribution in [1.29, 1.82) is 0 Å². The fraction of sp³-hybridized carbons (Fsp3) is 0.417. The second kappa shape index (κ2) is 6.30. The van der Waals surface area contributed by atoms with Crippen molar-refractivity contribution in [2.45, 2.75) is 26.4 Å². The van der Waals surface area contributed by atoms with Crippen LogP contribution in [0.3, 0.4) is 0 Å². The number of nitrogens with zero attached hydrogens (tertiary/aromatic N) is 2. The van der Waals surface area contributed by atoms with Gasteiger partial charge in [-0.25, -0.2) is 8.78 Å². The van der Waals surface area contributed by atoms with Crippen LogP contribution in [0.4, 0.5) is 8.78 Å². The molecule has 0 unspecified atom stereocenters. The van der Waals surface area contributed by atoms with Crippen LogP contribution in [0.2, 0.25) is 0 Å². The maximum Gasteiger partial charge on any atom is 0.153 e. The van der Waals surface area contributed by atoms with E-state index in [2.05, 4.69) is 5.16 Å². The molecule has 100 valence electrons. The normalized spacial score (nSPS) is 12.4. The summed E-state index contributed by atoms with van der Waals surface area (Å²) >= 11 is 0. The molecule has 0 aromatic heterocycles. The molecule has 18 heavy (non-hydrogen) atoms. The Morgan fingerprint density at radius 1 is 1.44 bits per heavy atom. The number of hydrogen-bond donors (Lipinski definition) is 2. The highest BCUT2D eigenvalue weighted by atomic mass is 19.1. The van der Waals surface area contributed by atoms with Gasteiger partial charge in [-0.3, -0.25) is 4.90 Å². The predicted octanol–water partition coefficient (Wildman–Crippen LogP) is 1.92. The Morgan fingerprint density at radius 3 is 2.61 bits per heavy atom. The van der Waals surface area contributed by atoms with Gasteiger partial charge < -0.3 is 10.9 Å². The number of benzene rings is 1. The van der Waals surface area contributed by atoms with Crippen LogP contribution in [0.25, 0.3) is 0 Å². The number of halogens is 2. The van der Waals surface area contributed by atoms with Crippen LogP contribution in [0.1, 0.15) is 19.4 Å². The quantitative estimate of drug-likeness (QED) is 0.366. The highest BCUT2D eigenvalue weighted by molar-refractivity contribution is 5.81. The van der Waals surface area contributed by atoms with E-state index in [0.717, 1.165) is 6.07 Å². The number of hydrogen-bond acceptors (Lipinski definition) is 3. The summed E-state index contributed by atoms with van der Waals surface area (Å²) in [5, 5.41) is 11.4. The molecule has 0 atom stereocenters. The van der Waals surface area contributed by atoms with Gasteiger partial charge in [0.2, 0.25) is 0 Å². The van der Waals surface area contributed by atoms with Crippen molar-refractivity contribution >= 4 is 5.84 Å². The van der Waals surface area contributed by atoms with E-state index < -0.39 is 11.6 Å². The van der Waals surface area contributed by atoms with E-state index in [-0.39, 0.29) is 25.0 Å². The molecule has 0 saturated heterocycles. The molecule has 1 aromatic carbocycles. The molecule has 3 N–H and O–H groups in total. The topological polar surface area (TPSA) is 61.8 Å². The molecule has 1 rings (SSSR count). The maximum absolute atomic E-state index is 13.5. The number of rotatable bonds is 5. The summed E-state index contributed by atoms with van der Waals surface area (Å²) in [6.07, 6.45) is 0. The highest BCUT2D eigenvalue weighted by Crippen LogP contribution is 2.13. The van der Waals surface area contributed by atoms with Crippen molar-refractivity contribution < 1.29 is 14.0 Å². The summed E-state index contributed by atoms with van der Waals surface area (Å²) in [4.78, 5) is 1.81. The third-order valence-electron chi connectivity index (χ3n) is 2.61. The maximum atomic E-state index is 13.5. The van der Waals surface area contributed by atoms with E-state index >= 15 is 0 Å². The molecule has 0 aliphatic carbocycles. The van der Waals surface area contributed by atoms with Gasteiger partial charge in [-0.2, -0.15) is 0 Å². The molecule has 4 nitrogen and oxygen atoms in total. The smallest absolute Gasteiger partial charge is 0.153 e. The zero-order chi connectivity index (χ0) is 13.7. The van der Waals surface area contributed by atoms with Gasteiger partial charge in [0.05, 0.1) is 6.54 Å². The zero-order valence-corrected chi connectivity index (χ0v) is 10.4. The van der Waals surface area contributed by atoms with E-state index in [1.807, 2.05) is 18.7 Å². The minimum absolute atomic E-state index is 0.0474. The van der Waals surface area contributed by atoms with E-state index in [9.17, 15) is 8.78 Å². The predicted molar refractivity (Wildman–Crippen MR) is 65.3 cm³/mol. The molecule has 0 amide bonds. The third-order valence-corrected chi connectivity index (χ3v) is 2.61. The van der Waals surface area contributed by atoms with Gasteiger partial charge >= 0.3 is 0 Å². The van der Waals surface area contributed by atoms with Crippen LogP contribution in [-0.2, 0) is 6.54 Å². The van der Waals surface area contributed by atoms with Gasteiger partial charge in [0.15, 0.2) is 5.84 Å². The summed E-state index contributed by atoms with van der Waals surface area (Å²) in [5.74, 6) is -1.16. The molecule has 0 aliphatic heterocycles. The fourth-order valence-corrected chi connectivity index (χ4v) is 1.53. The zero-order valence-electron chi connectivity index (χ0n) is 10.4. The second-order valence-corrected chi connectivity index (χ2v) is 4.33. The Labute approximate surface area is 105 Å². The minimum atomic E-state index is -0.608. The average molecular weight is 257 g/mol. The number of nitrogens with two attached hydrogens (primary N) is 1. The van der Waals surface area contributed by atoms with Crippen LogP contribution >= 0.6 is 0 Å². The summed E-state index contributed by atoms with van der Waals surface area (Å²) in [6.45, 7) is 4.29. The lowest BCUT2D eigenvalue weighted by Gasteiger charge is -2.25. The van der Waals surface area contributed by atoms with Crippen LogP contribution in [0.15, 0.2) is 23.4 Å². The Kier molecular flexibility index (Phi) is 5.03. The first kappa shape index (κ1) is 14.4. The second-order valence-electron chi connectivity index (χ2n) is 4.33. The van der Waals surface area contributed by atoms with Crippen LogP contribution < -0.4 is 5.73 Å². The molecule has 0 aliphatic rings. The summed E-state index contributed by atoms with van der Waals surface area (Å²) < 4.78 is 26.3. The van der Waals surface area contributed by atoms with E-state index in [4.69, 9.17) is 10.9 Å². The molecule has 0 heterocycles. The Bertz CT molecular complexity index is 435. The van der Waals surface area contributed by atoms with Crippen molar-refractivity contribution in [2.24, 2.45) is 10.9 Å². The molecule has 0 spiro atoms. The van der Waals surface area contributed by atoms with Gasteiger partial charge in [-0.05, 0) is 19.9 Å². The molecule has 1 aromatic rings. The van der Waals surface area contributed by atoms with E-state index in [1.165, 1.54) is 12.1 Å². The first-order valence-corrected chi connectivity index (χ1v) is 5.58. The van der Waals surface area contributed by atoms with Gasteiger partial charge in [0.1, 0.15) is 11.6 Å². The first-order valence-electron chi connectivity index (χ1n) is 5.58. The summed E-state index contributed by atoms with van der Waals surface area (Å²) in [5.41, 5.74) is 5.80. The van der Waals surface area contributed by atoms with Crippen molar-refractivity contribution in [3.05, 3.63) is 35.4 Å². The number of amidine groups is 1. The van der Waals surface area contributed by atoms with Crippen molar-refractivity contribution in [2.75, 3.05) is 6.54 Å². The molecule has 0 bridgehead atoms. The van der Waals surface area contributed by atoms with Crippen LogP contribution in [0.5, 0.6) is 0 Å². The van der Waals surface area contributed by atoms with Gasteiger partial charge in [0, 0.05) is 24.2 Å². The molecule has 0 saturated carbocycles. The summed E-state index contributed by atoms with van der Waals surface area (Å²) in [6, 6.07) is 3.53. The Hall–Kier alpha value is -1.69. The lowest BCUT2D eigenvalue weighted by molar-refractivity contribution is 0.235. The molecule has 6 heteroatoms. The molecular weight excluding hydrogens is 240 g/mol. The summed E-state index contributed by atoms with van der Waals surface area (Å²) in [7, 11) is 0. The van der Waals surface area contributed by atoms with Crippen molar-refractivity contribution in [3.63, 3.8) is 0 Å². The Balaban J connectivity index is 2.83. The molecule has 0 radical (unpaired) electrons. The fourth-order valence-electron chi connectivity index (χ4n) is 1.53. The third kappa shape index (κ3) is 3.96.